The van der Waals surface area contributed by atoms with Crippen LogP contribution < -0.4 is 16.0 Å². The maximum Gasteiger partial charge on any atom is 0.337 e. The van der Waals surface area contributed by atoms with Crippen molar-refractivity contribution in [2.45, 2.75) is 26.3 Å². The highest BCUT2D eigenvalue weighted by Crippen LogP contribution is 2.31. The number of anilines is 1. The third-order valence-electron chi connectivity index (χ3n) is 5.59. The SMILES string of the molecule is CCc1ncc(-c2nn(-c3ccccc3)c(NC(=O)N[C@@H](CO)CNCCOC)c2C)cc1C(=O)O. The Bertz CT molecular complexity index is 1180. The monoisotopic (exact) mass is 496 g/mol. The quantitative estimate of drug-likeness (QED) is 0.240. The smallest absolute Gasteiger partial charge is 0.337 e. The maximum atomic E-state index is 12.9. The van der Waals surface area contributed by atoms with E-state index in [0.29, 0.717) is 60.1 Å². The van der Waals surface area contributed by atoms with Gasteiger partial charge in [-0.05, 0) is 31.5 Å². The second kappa shape index (κ2) is 12.8. The second-order valence-corrected chi connectivity index (χ2v) is 8.12. The Labute approximate surface area is 209 Å². The summed E-state index contributed by atoms with van der Waals surface area (Å²) in [4.78, 5) is 29.0. The van der Waals surface area contributed by atoms with E-state index in [2.05, 4.69) is 20.9 Å². The van der Waals surface area contributed by atoms with Crippen LogP contribution in [0.5, 0.6) is 0 Å². The minimum absolute atomic E-state index is 0.114. The second-order valence-electron chi connectivity index (χ2n) is 8.12. The number of nitrogens with zero attached hydrogens (tertiary/aromatic N) is 3. The van der Waals surface area contributed by atoms with Crippen molar-refractivity contribution in [1.29, 1.82) is 0 Å². The van der Waals surface area contributed by atoms with Gasteiger partial charge in [-0.1, -0.05) is 25.1 Å². The third kappa shape index (κ3) is 6.45. The van der Waals surface area contributed by atoms with Crippen LogP contribution >= 0.6 is 0 Å². The summed E-state index contributed by atoms with van der Waals surface area (Å²) < 4.78 is 6.57. The zero-order valence-electron chi connectivity index (χ0n) is 20.6. The van der Waals surface area contributed by atoms with Gasteiger partial charge in [0.15, 0.2) is 0 Å². The molecule has 0 radical (unpaired) electrons. The lowest BCUT2D eigenvalue weighted by Crippen LogP contribution is -2.46. The molecule has 0 bridgehead atoms. The summed E-state index contributed by atoms with van der Waals surface area (Å²) >= 11 is 0. The van der Waals surface area contributed by atoms with Crippen LogP contribution in [0.15, 0.2) is 42.6 Å². The van der Waals surface area contributed by atoms with E-state index in [9.17, 15) is 19.8 Å². The predicted molar refractivity (Wildman–Crippen MR) is 136 cm³/mol. The average molecular weight is 497 g/mol. The van der Waals surface area contributed by atoms with Gasteiger partial charge in [-0.25, -0.2) is 14.3 Å². The number of aryl methyl sites for hydroxylation is 1. The third-order valence-corrected chi connectivity index (χ3v) is 5.59. The van der Waals surface area contributed by atoms with Gasteiger partial charge in [-0.3, -0.25) is 10.3 Å². The van der Waals surface area contributed by atoms with E-state index in [0.717, 1.165) is 0 Å². The zero-order valence-corrected chi connectivity index (χ0v) is 20.6. The lowest BCUT2D eigenvalue weighted by molar-refractivity contribution is 0.0695. The Balaban J connectivity index is 1.93. The highest BCUT2D eigenvalue weighted by molar-refractivity contribution is 5.92. The minimum Gasteiger partial charge on any atom is -0.478 e. The van der Waals surface area contributed by atoms with E-state index in [4.69, 9.17) is 9.84 Å². The molecule has 11 nitrogen and oxygen atoms in total. The number of urea groups is 1. The Morgan fingerprint density at radius 3 is 2.61 bits per heavy atom. The number of methoxy groups -OCH3 is 1. The number of carboxylic acids is 1. The van der Waals surface area contributed by atoms with Crippen molar-refractivity contribution in [2.24, 2.45) is 0 Å². The van der Waals surface area contributed by atoms with Crippen LogP contribution in [0.4, 0.5) is 10.6 Å². The van der Waals surface area contributed by atoms with Gasteiger partial charge < -0.3 is 25.6 Å². The number of para-hydroxylation sites is 1. The summed E-state index contributed by atoms with van der Waals surface area (Å²) in [6.07, 6.45) is 2.08. The summed E-state index contributed by atoms with van der Waals surface area (Å²) in [7, 11) is 1.60. The van der Waals surface area contributed by atoms with Crippen LogP contribution in [-0.2, 0) is 11.2 Å². The number of nitrogens with one attached hydrogen (secondary N) is 3. The first-order chi connectivity index (χ1) is 17.4. The molecule has 0 aliphatic heterocycles. The molecule has 0 aliphatic rings. The molecule has 192 valence electrons. The highest BCUT2D eigenvalue weighted by Gasteiger charge is 2.22. The number of aromatic nitrogens is 3. The number of aliphatic hydroxyl groups excluding tert-OH is 1. The number of ether oxygens (including phenoxy) is 1. The summed E-state index contributed by atoms with van der Waals surface area (Å²) in [6.45, 7) is 4.85. The van der Waals surface area contributed by atoms with Gasteiger partial charge >= 0.3 is 12.0 Å². The van der Waals surface area contributed by atoms with Crippen LogP contribution in [0.1, 0.15) is 28.5 Å². The summed E-state index contributed by atoms with van der Waals surface area (Å²) in [5.41, 5.74) is 2.96. The van der Waals surface area contributed by atoms with Crippen molar-refractivity contribution < 1.29 is 24.5 Å². The van der Waals surface area contributed by atoms with Gasteiger partial charge in [-0.15, -0.1) is 0 Å². The molecule has 2 heterocycles. The van der Waals surface area contributed by atoms with Gasteiger partial charge in [0.05, 0.1) is 41.9 Å². The standard InChI is InChI=1S/C25H32N6O5/c1-4-21-20(24(33)34)12-17(13-27-21)22-16(2)23(31(30-22)19-8-6-5-7-9-19)29-25(35)28-18(15-32)14-26-10-11-36-3/h5-9,12-13,18,26,32H,4,10-11,14-15H2,1-3H3,(H,33,34)(H2,28,29,35)/t18-/m1/s1. The molecule has 0 fully saturated rings. The molecular formula is C25H32N6O5. The Morgan fingerprint density at radius 2 is 1.97 bits per heavy atom. The number of benzene rings is 1. The van der Waals surface area contributed by atoms with Crippen molar-refractivity contribution in [2.75, 3.05) is 38.7 Å². The van der Waals surface area contributed by atoms with Crippen LogP contribution in [0.2, 0.25) is 0 Å². The zero-order chi connectivity index (χ0) is 26.1. The van der Waals surface area contributed by atoms with Gasteiger partial charge in [0.1, 0.15) is 5.82 Å². The number of aliphatic hydroxyl groups is 1. The Morgan fingerprint density at radius 1 is 1.22 bits per heavy atom. The van der Waals surface area contributed by atoms with E-state index in [1.165, 1.54) is 0 Å². The lowest BCUT2D eigenvalue weighted by Gasteiger charge is -2.18. The lowest BCUT2D eigenvalue weighted by atomic mass is 10.1. The van der Waals surface area contributed by atoms with E-state index in [-0.39, 0.29) is 12.2 Å². The largest absolute Gasteiger partial charge is 0.478 e. The first kappa shape index (κ1) is 26.8. The van der Waals surface area contributed by atoms with Gasteiger partial charge in [0.25, 0.3) is 0 Å². The molecule has 5 N–H and O–H groups in total. The van der Waals surface area contributed by atoms with Crippen LogP contribution in [-0.4, -0.2) is 76.4 Å². The number of hydrogen-bond acceptors (Lipinski definition) is 7. The van der Waals surface area contributed by atoms with Crippen LogP contribution in [0.25, 0.3) is 16.9 Å². The number of rotatable bonds is 12. The number of amides is 2. The Kier molecular flexibility index (Phi) is 9.51. The molecule has 0 aliphatic carbocycles. The number of carbonyl (C=O) groups is 2. The van der Waals surface area contributed by atoms with Crippen LogP contribution in [0, 0.1) is 6.92 Å². The predicted octanol–water partition coefficient (Wildman–Crippen LogP) is 2.22. The first-order valence-corrected chi connectivity index (χ1v) is 11.6. The summed E-state index contributed by atoms with van der Waals surface area (Å²) in [5, 5.41) is 32.7. The molecule has 2 aromatic heterocycles. The highest BCUT2D eigenvalue weighted by atomic mass is 16.5. The maximum absolute atomic E-state index is 12.9. The number of hydrogen-bond donors (Lipinski definition) is 5. The van der Waals surface area contributed by atoms with Crippen molar-refractivity contribution in [3.05, 3.63) is 59.4 Å². The molecule has 1 aromatic carbocycles. The topological polar surface area (TPSA) is 151 Å². The number of carbonyl (C=O) groups excluding carboxylic acids is 1. The van der Waals surface area contributed by atoms with E-state index < -0.39 is 18.0 Å². The van der Waals surface area contributed by atoms with E-state index >= 15 is 0 Å². The Hall–Kier alpha value is -3.80. The molecule has 1 atom stereocenters. The molecule has 0 saturated heterocycles. The number of aromatic carboxylic acids is 1. The average Bonchev–Trinajstić information content (AvgIpc) is 3.21. The van der Waals surface area contributed by atoms with Crippen molar-refractivity contribution >= 4 is 17.8 Å². The number of pyridine rings is 1. The molecule has 11 heteroatoms. The van der Waals surface area contributed by atoms with Crippen molar-refractivity contribution in [1.82, 2.24) is 25.4 Å². The fourth-order valence-corrected chi connectivity index (χ4v) is 3.70. The summed E-state index contributed by atoms with van der Waals surface area (Å²) in [6, 6.07) is 9.78. The normalized spacial score (nSPS) is 11.8. The molecule has 36 heavy (non-hydrogen) atoms. The minimum atomic E-state index is -1.06. The molecule has 3 aromatic rings. The van der Waals surface area contributed by atoms with Crippen molar-refractivity contribution in [3.63, 3.8) is 0 Å². The van der Waals surface area contributed by atoms with Crippen LogP contribution in [0.3, 0.4) is 0 Å². The first-order valence-electron chi connectivity index (χ1n) is 11.6. The van der Waals surface area contributed by atoms with E-state index in [1.807, 2.05) is 37.3 Å². The fraction of sp³-hybridized carbons (Fsp3) is 0.360. The van der Waals surface area contributed by atoms with E-state index in [1.54, 1.807) is 31.0 Å². The fourth-order valence-electron chi connectivity index (χ4n) is 3.70. The summed E-state index contributed by atoms with van der Waals surface area (Å²) in [5.74, 6) is -0.651. The molecule has 0 saturated carbocycles. The van der Waals surface area contributed by atoms with Gasteiger partial charge in [-0.2, -0.15) is 5.10 Å². The van der Waals surface area contributed by atoms with Gasteiger partial charge in [0.2, 0.25) is 0 Å². The molecule has 0 unspecified atom stereocenters. The number of carboxylic acid groups (broad SMARTS) is 1. The van der Waals surface area contributed by atoms with Gasteiger partial charge in [0, 0.05) is 37.5 Å². The molecule has 0 spiro atoms. The molecule has 2 amide bonds. The van der Waals surface area contributed by atoms with Crippen molar-refractivity contribution in [3.8, 4) is 16.9 Å². The molecular weight excluding hydrogens is 464 g/mol. The molecule has 3 rings (SSSR count).